The molecule has 3 aromatic rings. The number of nitrogens with one attached hydrogen (secondary N) is 1. The molecule has 6 nitrogen and oxygen atoms in total. The third-order valence-electron chi connectivity index (χ3n) is 3.96. The lowest BCUT2D eigenvalue weighted by atomic mass is 10.1. The van der Waals surface area contributed by atoms with Gasteiger partial charge in [0.25, 0.3) is 5.91 Å². The Morgan fingerprint density at radius 3 is 2.58 bits per heavy atom. The van der Waals surface area contributed by atoms with E-state index >= 15 is 0 Å². The highest BCUT2D eigenvalue weighted by Crippen LogP contribution is 2.12. The van der Waals surface area contributed by atoms with Gasteiger partial charge in [-0.05, 0) is 36.8 Å². The van der Waals surface area contributed by atoms with Crippen molar-refractivity contribution in [3.63, 3.8) is 0 Å². The predicted molar refractivity (Wildman–Crippen MR) is 94.4 cm³/mol. The number of hydrogen-bond donors (Lipinski definition) is 1. The molecule has 0 bridgehead atoms. The zero-order chi connectivity index (χ0) is 17.3. The molecule has 3 rings (SSSR count). The van der Waals surface area contributed by atoms with Gasteiger partial charge in [-0.1, -0.05) is 23.8 Å². The summed E-state index contributed by atoms with van der Waals surface area (Å²) in [5.74, 6) is -0.261. The van der Waals surface area contributed by atoms with Crippen molar-refractivity contribution in [2.75, 3.05) is 0 Å². The highest BCUT2D eigenvalue weighted by Gasteiger charge is 2.07. The number of aromatic nitrogens is 2. The SMILES string of the molecule is Cc1cccc(C(=O)N/N=C/c2ccc3c(c2)n(C)c(=O)n3C)c1. The van der Waals surface area contributed by atoms with Gasteiger partial charge in [0.2, 0.25) is 0 Å². The fourth-order valence-corrected chi connectivity index (χ4v) is 2.62. The Morgan fingerprint density at radius 1 is 1.08 bits per heavy atom. The van der Waals surface area contributed by atoms with Gasteiger partial charge in [0, 0.05) is 19.7 Å². The zero-order valence-electron chi connectivity index (χ0n) is 13.8. The highest BCUT2D eigenvalue weighted by molar-refractivity contribution is 5.95. The quantitative estimate of drug-likeness (QED) is 0.591. The number of benzene rings is 2. The van der Waals surface area contributed by atoms with E-state index in [9.17, 15) is 9.59 Å². The van der Waals surface area contributed by atoms with Crippen molar-refractivity contribution in [1.82, 2.24) is 14.6 Å². The third-order valence-corrected chi connectivity index (χ3v) is 3.96. The van der Waals surface area contributed by atoms with Crippen molar-refractivity contribution in [3.05, 3.63) is 69.6 Å². The number of aryl methyl sites for hydroxylation is 3. The highest BCUT2D eigenvalue weighted by atomic mass is 16.2. The number of amides is 1. The average Bonchev–Trinajstić information content (AvgIpc) is 2.79. The molecular formula is C18H18N4O2. The first-order valence-corrected chi connectivity index (χ1v) is 7.53. The van der Waals surface area contributed by atoms with Gasteiger partial charge >= 0.3 is 5.69 Å². The Morgan fingerprint density at radius 2 is 1.83 bits per heavy atom. The van der Waals surface area contributed by atoms with E-state index in [1.807, 2.05) is 37.3 Å². The van der Waals surface area contributed by atoms with E-state index < -0.39 is 0 Å². The summed E-state index contributed by atoms with van der Waals surface area (Å²) in [6.45, 7) is 1.93. The van der Waals surface area contributed by atoms with Crippen molar-refractivity contribution >= 4 is 23.2 Å². The normalized spacial score (nSPS) is 11.3. The van der Waals surface area contributed by atoms with Crippen LogP contribution in [0.5, 0.6) is 0 Å². The van der Waals surface area contributed by atoms with Crippen LogP contribution in [0.25, 0.3) is 11.0 Å². The second kappa shape index (κ2) is 6.16. The number of hydrazone groups is 1. The van der Waals surface area contributed by atoms with Crippen LogP contribution in [0.2, 0.25) is 0 Å². The first kappa shape index (κ1) is 15.7. The molecule has 0 aliphatic rings. The minimum Gasteiger partial charge on any atom is -0.295 e. The molecule has 0 aliphatic carbocycles. The van der Waals surface area contributed by atoms with Crippen LogP contribution < -0.4 is 11.1 Å². The van der Waals surface area contributed by atoms with Crippen LogP contribution in [0.3, 0.4) is 0 Å². The molecule has 1 heterocycles. The lowest BCUT2D eigenvalue weighted by molar-refractivity contribution is 0.0955. The largest absolute Gasteiger partial charge is 0.328 e. The number of carbonyl (C=O) groups excluding carboxylic acids is 1. The summed E-state index contributed by atoms with van der Waals surface area (Å²) in [6, 6.07) is 12.9. The number of rotatable bonds is 3. The summed E-state index contributed by atoms with van der Waals surface area (Å²) >= 11 is 0. The molecule has 0 spiro atoms. The molecule has 0 saturated carbocycles. The molecule has 2 aromatic carbocycles. The van der Waals surface area contributed by atoms with E-state index in [0.717, 1.165) is 22.2 Å². The summed E-state index contributed by atoms with van der Waals surface area (Å²) in [5.41, 5.74) is 6.48. The van der Waals surface area contributed by atoms with E-state index in [0.29, 0.717) is 5.56 Å². The predicted octanol–water partition coefficient (Wildman–Crippen LogP) is 1.95. The lowest BCUT2D eigenvalue weighted by Crippen LogP contribution is -2.19. The van der Waals surface area contributed by atoms with Crippen LogP contribution in [0.15, 0.2) is 52.4 Å². The third kappa shape index (κ3) is 2.86. The van der Waals surface area contributed by atoms with Gasteiger partial charge in [0.05, 0.1) is 17.2 Å². The summed E-state index contributed by atoms with van der Waals surface area (Å²) in [6.07, 6.45) is 1.56. The van der Waals surface area contributed by atoms with Gasteiger partial charge in [0.1, 0.15) is 0 Å². The first-order valence-electron chi connectivity index (χ1n) is 7.53. The van der Waals surface area contributed by atoms with Crippen LogP contribution >= 0.6 is 0 Å². The van der Waals surface area contributed by atoms with Crippen molar-refractivity contribution < 1.29 is 4.79 Å². The average molecular weight is 322 g/mol. The van der Waals surface area contributed by atoms with Crippen molar-refractivity contribution in [2.45, 2.75) is 6.92 Å². The zero-order valence-corrected chi connectivity index (χ0v) is 13.8. The van der Waals surface area contributed by atoms with E-state index in [1.165, 1.54) is 0 Å². The molecule has 1 aromatic heterocycles. The molecule has 0 radical (unpaired) electrons. The van der Waals surface area contributed by atoms with Gasteiger partial charge in [-0.3, -0.25) is 13.9 Å². The van der Waals surface area contributed by atoms with Crippen molar-refractivity contribution in [1.29, 1.82) is 0 Å². The first-order chi connectivity index (χ1) is 11.5. The van der Waals surface area contributed by atoms with Crippen LogP contribution in [0.1, 0.15) is 21.5 Å². The Labute approximate surface area is 139 Å². The second-order valence-electron chi connectivity index (χ2n) is 5.72. The van der Waals surface area contributed by atoms with Gasteiger partial charge < -0.3 is 0 Å². The van der Waals surface area contributed by atoms with Gasteiger partial charge in [-0.2, -0.15) is 5.10 Å². The fourth-order valence-electron chi connectivity index (χ4n) is 2.62. The molecule has 0 unspecified atom stereocenters. The van der Waals surface area contributed by atoms with E-state index in [2.05, 4.69) is 10.5 Å². The van der Waals surface area contributed by atoms with Crippen LogP contribution in [0, 0.1) is 6.92 Å². The molecule has 1 amide bonds. The Hall–Kier alpha value is -3.15. The molecule has 0 fully saturated rings. The van der Waals surface area contributed by atoms with Gasteiger partial charge in [-0.25, -0.2) is 10.2 Å². The number of fused-ring (bicyclic) bond motifs is 1. The number of carbonyl (C=O) groups is 1. The van der Waals surface area contributed by atoms with Crippen LogP contribution in [-0.2, 0) is 14.1 Å². The fraction of sp³-hybridized carbons (Fsp3) is 0.167. The van der Waals surface area contributed by atoms with E-state index in [-0.39, 0.29) is 11.6 Å². The molecule has 122 valence electrons. The van der Waals surface area contributed by atoms with Crippen LogP contribution in [0.4, 0.5) is 0 Å². The maximum absolute atomic E-state index is 12.0. The summed E-state index contributed by atoms with van der Waals surface area (Å²) in [7, 11) is 3.46. The summed E-state index contributed by atoms with van der Waals surface area (Å²) in [4.78, 5) is 24.0. The smallest absolute Gasteiger partial charge is 0.295 e. The molecule has 1 N–H and O–H groups in total. The summed E-state index contributed by atoms with van der Waals surface area (Å²) in [5, 5.41) is 3.99. The monoisotopic (exact) mass is 322 g/mol. The lowest BCUT2D eigenvalue weighted by Gasteiger charge is -2.01. The molecule has 0 aliphatic heterocycles. The van der Waals surface area contributed by atoms with Crippen LogP contribution in [-0.4, -0.2) is 21.3 Å². The maximum atomic E-state index is 12.0. The standard InChI is InChI=1S/C18H18N4O2/c1-12-5-4-6-14(9-12)17(23)20-19-11-13-7-8-15-16(10-13)22(3)18(24)21(15)2/h4-11H,1-3H3,(H,20,23)/b19-11+. The molecule has 24 heavy (non-hydrogen) atoms. The topological polar surface area (TPSA) is 68.4 Å². The number of nitrogens with zero attached hydrogens (tertiary/aromatic N) is 3. The summed E-state index contributed by atoms with van der Waals surface area (Å²) < 4.78 is 3.17. The molecule has 6 heteroatoms. The maximum Gasteiger partial charge on any atom is 0.328 e. The van der Waals surface area contributed by atoms with Crippen molar-refractivity contribution in [3.8, 4) is 0 Å². The van der Waals surface area contributed by atoms with Crippen molar-refractivity contribution in [2.24, 2.45) is 19.2 Å². The Bertz CT molecular complexity index is 1010. The molecule has 0 atom stereocenters. The van der Waals surface area contributed by atoms with Gasteiger partial charge in [-0.15, -0.1) is 0 Å². The van der Waals surface area contributed by atoms with E-state index in [4.69, 9.17) is 0 Å². The Kier molecular flexibility index (Phi) is 4.04. The number of imidazole rings is 1. The molecular weight excluding hydrogens is 304 g/mol. The number of hydrogen-bond acceptors (Lipinski definition) is 3. The molecule has 0 saturated heterocycles. The van der Waals surface area contributed by atoms with E-state index in [1.54, 1.807) is 41.6 Å². The Balaban J connectivity index is 1.80. The minimum absolute atomic E-state index is 0.0770. The minimum atomic E-state index is -0.261. The second-order valence-corrected chi connectivity index (χ2v) is 5.72. The van der Waals surface area contributed by atoms with Gasteiger partial charge in [0.15, 0.2) is 0 Å².